The zero-order chi connectivity index (χ0) is 17.3. The zero-order valence-electron chi connectivity index (χ0n) is 14.2. The van der Waals surface area contributed by atoms with Crippen LogP contribution in [0.4, 0.5) is 10.5 Å². The minimum atomic E-state index is -0.155. The summed E-state index contributed by atoms with van der Waals surface area (Å²) in [4.78, 5) is 26.8. The highest BCUT2D eigenvalue weighted by molar-refractivity contribution is 6.31. The molecule has 130 valence electrons. The summed E-state index contributed by atoms with van der Waals surface area (Å²) in [5, 5.41) is 6.35. The van der Waals surface area contributed by atoms with E-state index >= 15 is 0 Å². The van der Waals surface area contributed by atoms with E-state index in [0.29, 0.717) is 18.1 Å². The summed E-state index contributed by atoms with van der Waals surface area (Å²) in [5.74, 6) is -0.0673. The topological polar surface area (TPSA) is 61.4 Å². The molecule has 1 aromatic carbocycles. The van der Waals surface area contributed by atoms with Gasteiger partial charge in [0.2, 0.25) is 5.91 Å². The molecule has 6 heteroatoms. The molecular formula is C18H24ClN3O2. The van der Waals surface area contributed by atoms with Crippen LogP contribution < -0.4 is 10.6 Å². The summed E-state index contributed by atoms with van der Waals surface area (Å²) < 4.78 is 0. The number of nitrogens with zero attached hydrogens (tertiary/aromatic N) is 1. The van der Waals surface area contributed by atoms with Crippen molar-refractivity contribution < 1.29 is 9.59 Å². The van der Waals surface area contributed by atoms with Crippen LogP contribution >= 0.6 is 11.6 Å². The van der Waals surface area contributed by atoms with Crippen molar-refractivity contribution in [3.8, 4) is 0 Å². The third-order valence-electron chi connectivity index (χ3n) is 5.61. The van der Waals surface area contributed by atoms with Crippen LogP contribution in [0.5, 0.6) is 0 Å². The van der Waals surface area contributed by atoms with Crippen LogP contribution in [0.2, 0.25) is 5.02 Å². The predicted octanol–water partition coefficient (Wildman–Crippen LogP) is 3.42. The number of amides is 3. The van der Waals surface area contributed by atoms with E-state index in [-0.39, 0.29) is 23.3 Å². The molecular weight excluding hydrogens is 326 g/mol. The number of halogens is 1. The molecule has 0 unspecified atom stereocenters. The second-order valence-electron chi connectivity index (χ2n) is 6.96. The zero-order valence-corrected chi connectivity index (χ0v) is 14.9. The molecule has 0 radical (unpaired) electrons. The van der Waals surface area contributed by atoms with Gasteiger partial charge in [0.05, 0.1) is 5.92 Å². The molecule has 2 N–H and O–H groups in total. The molecule has 3 rings (SSSR count). The number of likely N-dealkylation sites (tertiary alicyclic amines) is 1. The van der Waals surface area contributed by atoms with Crippen molar-refractivity contribution in [2.45, 2.75) is 32.6 Å². The molecule has 24 heavy (non-hydrogen) atoms. The van der Waals surface area contributed by atoms with E-state index < -0.39 is 0 Å². The van der Waals surface area contributed by atoms with Gasteiger partial charge in [0, 0.05) is 36.3 Å². The number of benzene rings is 1. The number of carbonyl (C=O) groups excluding carboxylic acids is 2. The van der Waals surface area contributed by atoms with Gasteiger partial charge >= 0.3 is 6.03 Å². The van der Waals surface area contributed by atoms with Gasteiger partial charge in [-0.2, -0.15) is 0 Å². The maximum Gasteiger partial charge on any atom is 0.321 e. The van der Waals surface area contributed by atoms with Crippen LogP contribution in [0, 0.1) is 18.3 Å². The van der Waals surface area contributed by atoms with Crippen LogP contribution in [0.1, 0.15) is 31.2 Å². The highest BCUT2D eigenvalue weighted by Gasteiger charge is 2.52. The summed E-state index contributed by atoms with van der Waals surface area (Å²) in [5.41, 5.74) is 1.52. The Morgan fingerprint density at radius 1 is 1.29 bits per heavy atom. The Morgan fingerprint density at radius 2 is 2.00 bits per heavy atom. The molecule has 3 amide bonds. The van der Waals surface area contributed by atoms with E-state index in [2.05, 4.69) is 10.6 Å². The van der Waals surface area contributed by atoms with Gasteiger partial charge in [-0.25, -0.2) is 4.79 Å². The summed E-state index contributed by atoms with van der Waals surface area (Å²) in [6.07, 6.45) is 4.31. The fraction of sp³-hybridized carbons (Fsp3) is 0.556. The van der Waals surface area contributed by atoms with Gasteiger partial charge in [0.15, 0.2) is 0 Å². The number of hydrogen-bond donors (Lipinski definition) is 2. The minimum absolute atomic E-state index is 0.0473. The van der Waals surface area contributed by atoms with E-state index in [4.69, 9.17) is 11.6 Å². The molecule has 1 saturated carbocycles. The Bertz CT molecular complexity index is 656. The lowest BCUT2D eigenvalue weighted by Gasteiger charge is -2.28. The maximum absolute atomic E-state index is 12.7. The average Bonchev–Trinajstić information content (AvgIpc) is 3.19. The number of hydrogen-bond acceptors (Lipinski definition) is 2. The van der Waals surface area contributed by atoms with Gasteiger partial charge < -0.3 is 15.5 Å². The molecule has 1 spiro atoms. The summed E-state index contributed by atoms with van der Waals surface area (Å²) >= 11 is 6.12. The van der Waals surface area contributed by atoms with Crippen LogP contribution in [0.25, 0.3) is 0 Å². The Morgan fingerprint density at radius 3 is 2.67 bits per heavy atom. The van der Waals surface area contributed by atoms with E-state index in [1.807, 2.05) is 19.1 Å². The first-order valence-electron chi connectivity index (χ1n) is 8.49. The molecule has 2 fully saturated rings. The molecule has 1 aromatic rings. The first-order valence-corrected chi connectivity index (χ1v) is 8.87. The fourth-order valence-corrected chi connectivity index (χ4v) is 4.36. The highest BCUT2D eigenvalue weighted by Crippen LogP contribution is 2.49. The van der Waals surface area contributed by atoms with Gasteiger partial charge in [-0.15, -0.1) is 0 Å². The lowest BCUT2D eigenvalue weighted by molar-refractivity contribution is -0.127. The number of urea groups is 1. The smallest absolute Gasteiger partial charge is 0.321 e. The lowest BCUT2D eigenvalue weighted by atomic mass is 9.76. The monoisotopic (exact) mass is 349 g/mol. The average molecular weight is 350 g/mol. The van der Waals surface area contributed by atoms with Crippen LogP contribution in [-0.2, 0) is 4.79 Å². The number of nitrogens with one attached hydrogen (secondary N) is 2. The quantitative estimate of drug-likeness (QED) is 0.859. The van der Waals surface area contributed by atoms with E-state index in [1.54, 1.807) is 18.0 Å². The number of carbonyl (C=O) groups is 2. The fourth-order valence-electron chi connectivity index (χ4n) is 4.18. The third-order valence-corrected chi connectivity index (χ3v) is 6.02. The van der Waals surface area contributed by atoms with Crippen molar-refractivity contribution in [2.75, 3.05) is 25.5 Å². The third kappa shape index (κ3) is 2.97. The molecule has 1 atom stereocenters. The Kier molecular flexibility index (Phi) is 4.72. The molecule has 1 aliphatic heterocycles. The van der Waals surface area contributed by atoms with Crippen LogP contribution in [0.3, 0.4) is 0 Å². The van der Waals surface area contributed by atoms with Crippen molar-refractivity contribution in [1.29, 1.82) is 0 Å². The van der Waals surface area contributed by atoms with Gasteiger partial charge in [-0.05, 0) is 37.5 Å². The van der Waals surface area contributed by atoms with Crippen LogP contribution in [-0.4, -0.2) is 37.0 Å². The summed E-state index contributed by atoms with van der Waals surface area (Å²) in [6.45, 7) is 3.01. The van der Waals surface area contributed by atoms with E-state index in [1.165, 1.54) is 0 Å². The minimum Gasteiger partial charge on any atom is -0.359 e. The molecule has 1 aliphatic carbocycles. The molecule has 1 heterocycles. The van der Waals surface area contributed by atoms with Crippen molar-refractivity contribution in [3.05, 3.63) is 28.8 Å². The number of rotatable bonds is 2. The molecule has 1 saturated heterocycles. The summed E-state index contributed by atoms with van der Waals surface area (Å²) in [6, 6.07) is 5.31. The van der Waals surface area contributed by atoms with Crippen molar-refractivity contribution >= 4 is 29.2 Å². The highest BCUT2D eigenvalue weighted by atomic mass is 35.5. The maximum atomic E-state index is 12.7. The van der Waals surface area contributed by atoms with Gasteiger partial charge in [-0.3, -0.25) is 4.79 Å². The van der Waals surface area contributed by atoms with Crippen molar-refractivity contribution in [3.63, 3.8) is 0 Å². The molecule has 5 nitrogen and oxygen atoms in total. The standard InChI is InChI=1S/C18H24ClN3O2/c1-12-14(19)6-5-7-15(12)21-17(24)22-10-13(16(23)20-2)18(11-22)8-3-4-9-18/h5-7,13H,3-4,8-11H2,1-2H3,(H,20,23)(H,21,24)/t13-/m1/s1. The SMILES string of the molecule is CNC(=O)[C@H]1CN(C(=O)Nc2cccc(Cl)c2C)CC12CCCC2. The largest absolute Gasteiger partial charge is 0.359 e. The molecule has 0 bridgehead atoms. The van der Waals surface area contributed by atoms with Crippen molar-refractivity contribution in [2.24, 2.45) is 11.3 Å². The Balaban J connectivity index is 1.76. The Labute approximate surface area is 147 Å². The van der Waals surface area contributed by atoms with E-state index in [0.717, 1.165) is 36.9 Å². The first kappa shape index (κ1) is 17.1. The molecule has 2 aliphatic rings. The second kappa shape index (κ2) is 6.63. The van der Waals surface area contributed by atoms with E-state index in [9.17, 15) is 9.59 Å². The Hall–Kier alpha value is -1.75. The normalized spacial score (nSPS) is 22.0. The lowest BCUT2D eigenvalue weighted by Crippen LogP contribution is -2.38. The first-order chi connectivity index (χ1) is 11.5. The van der Waals surface area contributed by atoms with Gasteiger partial charge in [0.25, 0.3) is 0 Å². The second-order valence-corrected chi connectivity index (χ2v) is 7.37. The number of anilines is 1. The summed E-state index contributed by atoms with van der Waals surface area (Å²) in [7, 11) is 1.67. The van der Waals surface area contributed by atoms with Gasteiger partial charge in [-0.1, -0.05) is 30.5 Å². The van der Waals surface area contributed by atoms with Gasteiger partial charge in [0.1, 0.15) is 0 Å². The van der Waals surface area contributed by atoms with Crippen LogP contribution in [0.15, 0.2) is 18.2 Å². The van der Waals surface area contributed by atoms with Crippen molar-refractivity contribution in [1.82, 2.24) is 10.2 Å². The predicted molar refractivity (Wildman–Crippen MR) is 95.2 cm³/mol. The molecule has 0 aromatic heterocycles.